The molecule has 0 saturated carbocycles. The number of hydrogen-bond donors (Lipinski definition) is 1. The van der Waals surface area contributed by atoms with Gasteiger partial charge in [-0.05, 0) is 65.2 Å². The molecule has 3 rings (SSSR count). The summed E-state index contributed by atoms with van der Waals surface area (Å²) in [5.74, 6) is -0.0252. The molecule has 0 amide bonds. The fourth-order valence-corrected chi connectivity index (χ4v) is 2.86. The van der Waals surface area contributed by atoms with E-state index in [0.717, 1.165) is 28.8 Å². The van der Waals surface area contributed by atoms with Crippen LogP contribution in [0.2, 0.25) is 0 Å². The van der Waals surface area contributed by atoms with Gasteiger partial charge in [-0.25, -0.2) is 9.59 Å². The second-order valence-corrected chi connectivity index (χ2v) is 6.28. The zero-order chi connectivity index (χ0) is 20.1. The summed E-state index contributed by atoms with van der Waals surface area (Å²) in [7, 11) is 0. The third-order valence-corrected chi connectivity index (χ3v) is 4.20. The summed E-state index contributed by atoms with van der Waals surface area (Å²) in [6.07, 6.45) is 2.66. The predicted octanol–water partition coefficient (Wildman–Crippen LogP) is 4.81. The Balaban J connectivity index is 1.83. The smallest absolute Gasteiger partial charge is 0.343 e. The number of aryl methyl sites for hydroxylation is 1. The summed E-state index contributed by atoms with van der Waals surface area (Å²) in [5, 5.41) is 11.3. The van der Waals surface area contributed by atoms with Crippen molar-refractivity contribution < 1.29 is 24.2 Å². The molecule has 0 bridgehead atoms. The molecule has 3 aromatic rings. The Labute approximate surface area is 162 Å². The van der Waals surface area contributed by atoms with Crippen molar-refractivity contribution in [1.82, 2.24) is 0 Å². The molecule has 0 spiro atoms. The number of carbonyl (C=O) groups excluding carboxylic acids is 2. The van der Waals surface area contributed by atoms with Crippen molar-refractivity contribution >= 4 is 22.7 Å². The Morgan fingerprint density at radius 1 is 1.00 bits per heavy atom. The molecule has 0 aliphatic rings. The van der Waals surface area contributed by atoms with Gasteiger partial charge in [-0.2, -0.15) is 0 Å². The standard InChI is InChI=1S/C23H20O5/c1-3-5-17-13-19(24)9-11-21(17)28-23(26)18-7-6-16-14-20(27-22(25)4-2)10-8-15(16)12-18/h4,6-14,24H,2-3,5H2,1H3. The Kier molecular flexibility index (Phi) is 5.75. The van der Waals surface area contributed by atoms with Gasteiger partial charge in [0.15, 0.2) is 0 Å². The first-order valence-corrected chi connectivity index (χ1v) is 8.92. The molecule has 0 aliphatic heterocycles. The summed E-state index contributed by atoms with van der Waals surface area (Å²) >= 11 is 0. The number of hydrogen-bond acceptors (Lipinski definition) is 5. The maximum Gasteiger partial charge on any atom is 0.343 e. The molecule has 0 radical (unpaired) electrons. The van der Waals surface area contributed by atoms with Crippen molar-refractivity contribution in [2.24, 2.45) is 0 Å². The topological polar surface area (TPSA) is 72.8 Å². The third-order valence-electron chi connectivity index (χ3n) is 4.20. The van der Waals surface area contributed by atoms with Crippen LogP contribution in [0, 0.1) is 0 Å². The lowest BCUT2D eigenvalue weighted by Crippen LogP contribution is -2.10. The summed E-state index contributed by atoms with van der Waals surface area (Å²) in [5.41, 5.74) is 1.18. The van der Waals surface area contributed by atoms with Crippen LogP contribution >= 0.6 is 0 Å². The van der Waals surface area contributed by atoms with Gasteiger partial charge in [0, 0.05) is 6.08 Å². The van der Waals surface area contributed by atoms with Crippen molar-refractivity contribution in [3.05, 3.63) is 78.4 Å². The van der Waals surface area contributed by atoms with Gasteiger partial charge in [0.05, 0.1) is 5.56 Å². The van der Waals surface area contributed by atoms with E-state index < -0.39 is 11.9 Å². The number of aromatic hydroxyl groups is 1. The van der Waals surface area contributed by atoms with Crippen molar-refractivity contribution in [2.45, 2.75) is 19.8 Å². The van der Waals surface area contributed by atoms with Crippen LogP contribution in [0.4, 0.5) is 0 Å². The molecule has 142 valence electrons. The molecule has 5 nitrogen and oxygen atoms in total. The quantitative estimate of drug-likeness (QED) is 0.380. The number of ether oxygens (including phenoxy) is 2. The Morgan fingerprint density at radius 2 is 1.75 bits per heavy atom. The van der Waals surface area contributed by atoms with Gasteiger partial charge in [0.1, 0.15) is 17.2 Å². The summed E-state index contributed by atoms with van der Waals surface area (Å²) in [6, 6.07) is 15.0. The Morgan fingerprint density at radius 3 is 2.50 bits per heavy atom. The summed E-state index contributed by atoms with van der Waals surface area (Å²) in [6.45, 7) is 5.38. The number of esters is 2. The Hall–Kier alpha value is -3.60. The third kappa shape index (κ3) is 4.38. The van der Waals surface area contributed by atoms with Crippen LogP contribution in [0.1, 0.15) is 29.3 Å². The van der Waals surface area contributed by atoms with Gasteiger partial charge in [0.25, 0.3) is 0 Å². The minimum absolute atomic E-state index is 0.141. The zero-order valence-corrected chi connectivity index (χ0v) is 15.5. The molecule has 5 heteroatoms. The lowest BCUT2D eigenvalue weighted by Gasteiger charge is -2.11. The van der Waals surface area contributed by atoms with Crippen molar-refractivity contribution in [3.8, 4) is 17.2 Å². The number of benzene rings is 3. The van der Waals surface area contributed by atoms with Crippen LogP contribution in [-0.4, -0.2) is 17.0 Å². The zero-order valence-electron chi connectivity index (χ0n) is 15.5. The minimum atomic E-state index is -0.531. The van der Waals surface area contributed by atoms with Crippen LogP contribution in [-0.2, 0) is 11.2 Å². The van der Waals surface area contributed by atoms with Crippen LogP contribution in [0.3, 0.4) is 0 Å². The predicted molar refractivity (Wildman–Crippen MR) is 107 cm³/mol. The molecule has 1 N–H and O–H groups in total. The van der Waals surface area contributed by atoms with E-state index in [1.54, 1.807) is 48.5 Å². The first-order valence-electron chi connectivity index (χ1n) is 8.92. The molecule has 0 heterocycles. The molecular formula is C23H20O5. The number of fused-ring (bicyclic) bond motifs is 1. The molecule has 0 aliphatic carbocycles. The summed E-state index contributed by atoms with van der Waals surface area (Å²) < 4.78 is 10.7. The maximum absolute atomic E-state index is 12.6. The number of phenols is 1. The van der Waals surface area contributed by atoms with Crippen LogP contribution in [0.5, 0.6) is 17.2 Å². The van der Waals surface area contributed by atoms with E-state index in [1.807, 2.05) is 6.92 Å². The highest BCUT2D eigenvalue weighted by molar-refractivity contribution is 5.97. The first kappa shape index (κ1) is 19.2. The fourth-order valence-electron chi connectivity index (χ4n) is 2.86. The van der Waals surface area contributed by atoms with E-state index in [0.29, 0.717) is 23.5 Å². The molecule has 0 aromatic heterocycles. The van der Waals surface area contributed by atoms with E-state index in [-0.39, 0.29) is 5.75 Å². The van der Waals surface area contributed by atoms with Crippen LogP contribution in [0.15, 0.2) is 67.3 Å². The number of carbonyl (C=O) groups is 2. The Bertz CT molecular complexity index is 1050. The van der Waals surface area contributed by atoms with Crippen LogP contribution in [0.25, 0.3) is 10.8 Å². The van der Waals surface area contributed by atoms with Crippen molar-refractivity contribution in [2.75, 3.05) is 0 Å². The molecule has 0 saturated heterocycles. The average molecular weight is 376 g/mol. The van der Waals surface area contributed by atoms with Gasteiger partial charge in [-0.3, -0.25) is 0 Å². The minimum Gasteiger partial charge on any atom is -0.508 e. The van der Waals surface area contributed by atoms with Gasteiger partial charge in [-0.1, -0.05) is 32.1 Å². The molecule has 0 atom stereocenters. The van der Waals surface area contributed by atoms with E-state index in [2.05, 4.69) is 6.58 Å². The van der Waals surface area contributed by atoms with Gasteiger partial charge < -0.3 is 14.6 Å². The first-order chi connectivity index (χ1) is 13.5. The highest BCUT2D eigenvalue weighted by atomic mass is 16.5. The van der Waals surface area contributed by atoms with E-state index >= 15 is 0 Å². The van der Waals surface area contributed by atoms with E-state index in [4.69, 9.17) is 9.47 Å². The monoisotopic (exact) mass is 376 g/mol. The van der Waals surface area contributed by atoms with E-state index in [9.17, 15) is 14.7 Å². The highest BCUT2D eigenvalue weighted by Gasteiger charge is 2.13. The largest absolute Gasteiger partial charge is 0.508 e. The van der Waals surface area contributed by atoms with Crippen molar-refractivity contribution in [3.63, 3.8) is 0 Å². The normalized spacial score (nSPS) is 10.5. The van der Waals surface area contributed by atoms with Crippen LogP contribution < -0.4 is 9.47 Å². The molecule has 28 heavy (non-hydrogen) atoms. The summed E-state index contributed by atoms with van der Waals surface area (Å²) in [4.78, 5) is 23.9. The number of rotatable bonds is 6. The second kappa shape index (κ2) is 8.39. The molecule has 0 fully saturated rings. The number of phenolic OH excluding ortho intramolecular Hbond substituents is 1. The van der Waals surface area contributed by atoms with E-state index in [1.165, 1.54) is 6.07 Å². The average Bonchev–Trinajstić information content (AvgIpc) is 2.69. The van der Waals surface area contributed by atoms with Gasteiger partial charge in [0.2, 0.25) is 0 Å². The molecular weight excluding hydrogens is 356 g/mol. The van der Waals surface area contributed by atoms with Gasteiger partial charge in [-0.15, -0.1) is 0 Å². The highest BCUT2D eigenvalue weighted by Crippen LogP contribution is 2.27. The SMILES string of the molecule is C=CC(=O)Oc1ccc2cc(C(=O)Oc3ccc(O)cc3CCC)ccc2c1. The fraction of sp³-hybridized carbons (Fsp3) is 0.130. The molecule has 3 aromatic carbocycles. The lowest BCUT2D eigenvalue weighted by atomic mass is 10.1. The molecule has 0 unspecified atom stereocenters. The van der Waals surface area contributed by atoms with Gasteiger partial charge >= 0.3 is 11.9 Å². The lowest BCUT2D eigenvalue weighted by molar-refractivity contribution is -0.128. The maximum atomic E-state index is 12.6. The second-order valence-electron chi connectivity index (χ2n) is 6.28. The van der Waals surface area contributed by atoms with Crippen molar-refractivity contribution in [1.29, 1.82) is 0 Å².